The van der Waals surface area contributed by atoms with Gasteiger partial charge in [0.25, 0.3) is 0 Å². The standard InChI is InChI=1S/C19H36N2O2/c1-15-6-5-7-17(9-8-15)20-12-10-16-11-13-21(14-16)18(22)23-19(2,3)4/h15-17,20H,5-14H2,1-4H3. The molecule has 2 fully saturated rings. The zero-order chi connectivity index (χ0) is 16.9. The smallest absolute Gasteiger partial charge is 0.410 e. The minimum absolute atomic E-state index is 0.147. The molecule has 1 N–H and O–H groups in total. The Kier molecular flexibility index (Phi) is 6.75. The van der Waals surface area contributed by atoms with E-state index < -0.39 is 5.60 Å². The summed E-state index contributed by atoms with van der Waals surface area (Å²) in [6, 6.07) is 0.711. The average molecular weight is 325 g/mol. The summed E-state index contributed by atoms with van der Waals surface area (Å²) in [5.74, 6) is 1.53. The average Bonchev–Trinajstić information content (AvgIpc) is 2.82. The summed E-state index contributed by atoms with van der Waals surface area (Å²) in [5, 5.41) is 3.76. The Hall–Kier alpha value is -0.770. The summed E-state index contributed by atoms with van der Waals surface area (Å²) in [5.41, 5.74) is -0.395. The SMILES string of the molecule is CC1CCCC(NCCC2CCN(C(=O)OC(C)(C)C)C2)CC1. The number of likely N-dealkylation sites (tertiary alicyclic amines) is 1. The molecule has 0 bridgehead atoms. The van der Waals surface area contributed by atoms with Crippen molar-refractivity contribution in [3.05, 3.63) is 0 Å². The molecule has 1 aliphatic carbocycles. The summed E-state index contributed by atoms with van der Waals surface area (Å²) in [6.45, 7) is 11.0. The molecule has 4 heteroatoms. The number of nitrogens with zero attached hydrogens (tertiary/aromatic N) is 1. The first kappa shape index (κ1) is 18.6. The van der Waals surface area contributed by atoms with E-state index in [4.69, 9.17) is 4.74 Å². The largest absolute Gasteiger partial charge is 0.444 e. The van der Waals surface area contributed by atoms with E-state index >= 15 is 0 Å². The van der Waals surface area contributed by atoms with Crippen LogP contribution in [0.15, 0.2) is 0 Å². The van der Waals surface area contributed by atoms with Gasteiger partial charge >= 0.3 is 6.09 Å². The number of carbonyl (C=O) groups excluding carboxylic acids is 1. The number of nitrogens with one attached hydrogen (secondary N) is 1. The number of carbonyl (C=O) groups is 1. The van der Waals surface area contributed by atoms with Gasteiger partial charge in [-0.3, -0.25) is 0 Å². The molecule has 3 atom stereocenters. The van der Waals surface area contributed by atoms with Gasteiger partial charge in [0, 0.05) is 19.1 Å². The van der Waals surface area contributed by atoms with Gasteiger partial charge in [-0.15, -0.1) is 0 Å². The van der Waals surface area contributed by atoms with Crippen molar-refractivity contribution >= 4 is 6.09 Å². The Morgan fingerprint density at radius 3 is 2.70 bits per heavy atom. The van der Waals surface area contributed by atoms with E-state index in [9.17, 15) is 4.79 Å². The summed E-state index contributed by atoms with van der Waals surface area (Å²) >= 11 is 0. The quantitative estimate of drug-likeness (QED) is 0.788. The van der Waals surface area contributed by atoms with E-state index in [0.717, 1.165) is 32.0 Å². The molecule has 4 nitrogen and oxygen atoms in total. The molecule has 134 valence electrons. The van der Waals surface area contributed by atoms with E-state index in [1.54, 1.807) is 0 Å². The maximum Gasteiger partial charge on any atom is 0.410 e. The lowest BCUT2D eigenvalue weighted by Gasteiger charge is -2.24. The molecule has 1 saturated heterocycles. The number of rotatable bonds is 4. The lowest BCUT2D eigenvalue weighted by atomic mass is 10.0. The summed E-state index contributed by atoms with van der Waals surface area (Å²) < 4.78 is 5.46. The normalized spacial score (nSPS) is 29.4. The third-order valence-electron chi connectivity index (χ3n) is 5.18. The molecule has 1 heterocycles. The summed E-state index contributed by atoms with van der Waals surface area (Å²) in [4.78, 5) is 14.0. The highest BCUT2D eigenvalue weighted by molar-refractivity contribution is 5.68. The molecule has 2 rings (SSSR count). The fourth-order valence-corrected chi connectivity index (χ4v) is 3.74. The second-order valence-electron chi connectivity index (χ2n) is 8.63. The van der Waals surface area contributed by atoms with Crippen LogP contribution in [0.5, 0.6) is 0 Å². The Balaban J connectivity index is 1.63. The molecular weight excluding hydrogens is 288 g/mol. The van der Waals surface area contributed by atoms with Crippen molar-refractivity contribution in [3.63, 3.8) is 0 Å². The van der Waals surface area contributed by atoms with Crippen LogP contribution in [0.2, 0.25) is 0 Å². The first-order chi connectivity index (χ1) is 10.8. The maximum absolute atomic E-state index is 12.1. The Morgan fingerprint density at radius 2 is 1.96 bits per heavy atom. The second-order valence-corrected chi connectivity index (χ2v) is 8.63. The van der Waals surface area contributed by atoms with Crippen LogP contribution in [-0.2, 0) is 4.74 Å². The molecule has 0 radical (unpaired) electrons. The first-order valence-electron chi connectivity index (χ1n) is 9.55. The fourth-order valence-electron chi connectivity index (χ4n) is 3.74. The van der Waals surface area contributed by atoms with Crippen LogP contribution in [0.25, 0.3) is 0 Å². The molecule has 2 aliphatic rings. The lowest BCUT2D eigenvalue weighted by molar-refractivity contribution is 0.0287. The van der Waals surface area contributed by atoms with Gasteiger partial charge in [-0.2, -0.15) is 0 Å². The number of ether oxygens (including phenoxy) is 1. The molecule has 0 spiro atoms. The van der Waals surface area contributed by atoms with Crippen molar-refractivity contribution in [1.29, 1.82) is 0 Å². The molecule has 1 aliphatic heterocycles. The van der Waals surface area contributed by atoms with Gasteiger partial charge in [0.1, 0.15) is 5.60 Å². The van der Waals surface area contributed by atoms with Crippen LogP contribution in [0.3, 0.4) is 0 Å². The van der Waals surface area contributed by atoms with Gasteiger partial charge in [-0.1, -0.05) is 19.8 Å². The number of hydrogen-bond acceptors (Lipinski definition) is 3. The van der Waals surface area contributed by atoms with Crippen LogP contribution in [0.4, 0.5) is 4.79 Å². The van der Waals surface area contributed by atoms with Crippen LogP contribution < -0.4 is 5.32 Å². The highest BCUT2D eigenvalue weighted by Crippen LogP contribution is 2.24. The van der Waals surface area contributed by atoms with Crippen LogP contribution >= 0.6 is 0 Å². The molecule has 0 aromatic rings. The third kappa shape index (κ3) is 6.70. The maximum atomic E-state index is 12.1. The Morgan fingerprint density at radius 1 is 1.17 bits per heavy atom. The van der Waals surface area contributed by atoms with Crippen molar-refractivity contribution < 1.29 is 9.53 Å². The molecule has 1 amide bonds. The van der Waals surface area contributed by atoms with E-state index in [1.165, 1.54) is 38.5 Å². The van der Waals surface area contributed by atoms with Crippen molar-refractivity contribution in [2.24, 2.45) is 11.8 Å². The van der Waals surface area contributed by atoms with Gasteiger partial charge in [-0.25, -0.2) is 4.79 Å². The van der Waals surface area contributed by atoms with Crippen LogP contribution in [-0.4, -0.2) is 42.3 Å². The molecule has 0 aromatic carbocycles. The van der Waals surface area contributed by atoms with Gasteiger partial charge in [0.2, 0.25) is 0 Å². The third-order valence-corrected chi connectivity index (χ3v) is 5.18. The predicted molar refractivity (Wildman–Crippen MR) is 94.6 cm³/mol. The highest BCUT2D eigenvalue weighted by atomic mass is 16.6. The topological polar surface area (TPSA) is 41.6 Å². The van der Waals surface area contributed by atoms with Gasteiger partial charge in [0.05, 0.1) is 0 Å². The summed E-state index contributed by atoms with van der Waals surface area (Å²) in [7, 11) is 0. The van der Waals surface area contributed by atoms with E-state index in [-0.39, 0.29) is 6.09 Å². The zero-order valence-electron chi connectivity index (χ0n) is 15.6. The first-order valence-corrected chi connectivity index (χ1v) is 9.55. The Bertz CT molecular complexity index is 378. The van der Waals surface area contributed by atoms with Crippen molar-refractivity contribution in [1.82, 2.24) is 10.2 Å². The van der Waals surface area contributed by atoms with Gasteiger partial charge in [-0.05, 0) is 71.3 Å². The van der Waals surface area contributed by atoms with Crippen molar-refractivity contribution in [3.8, 4) is 0 Å². The minimum Gasteiger partial charge on any atom is -0.444 e. The predicted octanol–water partition coefficient (Wildman–Crippen LogP) is 4.19. The fraction of sp³-hybridized carbons (Fsp3) is 0.947. The molecule has 23 heavy (non-hydrogen) atoms. The monoisotopic (exact) mass is 324 g/mol. The summed E-state index contributed by atoms with van der Waals surface area (Å²) in [6.07, 6.45) is 8.93. The van der Waals surface area contributed by atoms with E-state index in [0.29, 0.717) is 12.0 Å². The number of hydrogen-bond donors (Lipinski definition) is 1. The number of amides is 1. The molecular formula is C19H36N2O2. The van der Waals surface area contributed by atoms with Gasteiger partial charge < -0.3 is 15.0 Å². The lowest BCUT2D eigenvalue weighted by Crippen LogP contribution is -2.35. The second kappa shape index (κ2) is 8.36. The highest BCUT2D eigenvalue weighted by Gasteiger charge is 2.29. The zero-order valence-corrected chi connectivity index (χ0v) is 15.6. The molecule has 1 saturated carbocycles. The van der Waals surface area contributed by atoms with Crippen LogP contribution in [0.1, 0.15) is 72.6 Å². The van der Waals surface area contributed by atoms with Crippen LogP contribution in [0, 0.1) is 11.8 Å². The Labute approximate surface area is 142 Å². The van der Waals surface area contributed by atoms with E-state index in [2.05, 4.69) is 12.2 Å². The van der Waals surface area contributed by atoms with Crippen molar-refractivity contribution in [2.75, 3.05) is 19.6 Å². The van der Waals surface area contributed by atoms with Crippen molar-refractivity contribution in [2.45, 2.75) is 84.3 Å². The van der Waals surface area contributed by atoms with E-state index in [1.807, 2.05) is 25.7 Å². The molecule has 3 unspecified atom stereocenters. The molecule has 0 aromatic heterocycles. The minimum atomic E-state index is -0.395. The van der Waals surface area contributed by atoms with Gasteiger partial charge in [0.15, 0.2) is 0 Å².